The molecule has 0 aliphatic carbocycles. The third kappa shape index (κ3) is 5.15. The summed E-state index contributed by atoms with van der Waals surface area (Å²) in [5.74, 6) is 0.656. The third-order valence-corrected chi connectivity index (χ3v) is 4.57. The second-order valence-corrected chi connectivity index (χ2v) is 7.45. The van der Waals surface area contributed by atoms with Gasteiger partial charge in [0.2, 0.25) is 0 Å². The van der Waals surface area contributed by atoms with Crippen LogP contribution in [0.25, 0.3) is 5.57 Å². The Morgan fingerprint density at radius 3 is 2.45 bits per heavy atom. The quantitative estimate of drug-likeness (QED) is 0.448. The summed E-state index contributed by atoms with van der Waals surface area (Å²) in [6, 6.07) is 14.5. The number of benzene rings is 2. The van der Waals surface area contributed by atoms with Crippen LogP contribution < -0.4 is 14.8 Å². The van der Waals surface area contributed by atoms with Gasteiger partial charge in [-0.1, -0.05) is 31.2 Å². The second-order valence-electron chi connectivity index (χ2n) is 7.45. The first kappa shape index (κ1) is 22.2. The minimum atomic E-state index is -0.387. The van der Waals surface area contributed by atoms with Crippen molar-refractivity contribution in [2.45, 2.75) is 33.3 Å². The van der Waals surface area contributed by atoms with Crippen LogP contribution in [-0.4, -0.2) is 36.0 Å². The van der Waals surface area contributed by atoms with Crippen molar-refractivity contribution in [1.82, 2.24) is 4.90 Å². The van der Waals surface area contributed by atoms with Crippen molar-refractivity contribution in [3.63, 3.8) is 0 Å². The molecule has 0 unspecified atom stereocenters. The van der Waals surface area contributed by atoms with Crippen molar-refractivity contribution in [3.8, 4) is 11.5 Å². The minimum Gasteiger partial charge on any atom is -0.494 e. The molecule has 162 valence electrons. The van der Waals surface area contributed by atoms with E-state index in [0.29, 0.717) is 34.9 Å². The average molecular weight is 421 g/mol. The van der Waals surface area contributed by atoms with Gasteiger partial charge < -0.3 is 14.8 Å². The van der Waals surface area contributed by atoms with Gasteiger partial charge in [0.15, 0.2) is 0 Å². The largest absolute Gasteiger partial charge is 0.494 e. The summed E-state index contributed by atoms with van der Waals surface area (Å²) in [7, 11) is 0. The Morgan fingerprint density at radius 2 is 1.81 bits per heavy atom. The maximum atomic E-state index is 13.1. The van der Waals surface area contributed by atoms with Crippen LogP contribution >= 0.6 is 0 Å². The summed E-state index contributed by atoms with van der Waals surface area (Å²) in [5.41, 5.74) is 1.87. The Balaban J connectivity index is 1.97. The fourth-order valence-corrected chi connectivity index (χ4v) is 3.25. The zero-order valence-electron chi connectivity index (χ0n) is 18.2. The van der Waals surface area contributed by atoms with Gasteiger partial charge >= 0.3 is 0 Å². The molecule has 1 aliphatic rings. The van der Waals surface area contributed by atoms with Crippen LogP contribution in [0.3, 0.4) is 0 Å². The molecule has 0 radical (unpaired) electrons. The molecule has 0 fully saturated rings. The molecular weight excluding hydrogens is 392 g/mol. The van der Waals surface area contributed by atoms with E-state index < -0.39 is 0 Å². The summed E-state index contributed by atoms with van der Waals surface area (Å²) in [4.78, 5) is 27.3. The highest BCUT2D eigenvalue weighted by atomic mass is 16.5. The molecular formula is C25H28N2O4. The molecule has 0 bridgehead atoms. The van der Waals surface area contributed by atoms with Crippen LogP contribution in [0.4, 0.5) is 5.69 Å². The molecule has 1 N–H and O–H groups in total. The number of hydrogen-bond donors (Lipinski definition) is 1. The zero-order valence-corrected chi connectivity index (χ0v) is 18.2. The Labute approximate surface area is 183 Å². The van der Waals surface area contributed by atoms with Crippen LogP contribution in [0.2, 0.25) is 0 Å². The van der Waals surface area contributed by atoms with E-state index in [1.165, 1.54) is 11.0 Å². The Morgan fingerprint density at radius 1 is 1.06 bits per heavy atom. The number of ether oxygens (including phenoxy) is 2. The molecule has 6 nitrogen and oxygen atoms in total. The monoisotopic (exact) mass is 420 g/mol. The van der Waals surface area contributed by atoms with Gasteiger partial charge in [0, 0.05) is 18.3 Å². The summed E-state index contributed by atoms with van der Waals surface area (Å²) in [5, 5.41) is 3.14. The summed E-state index contributed by atoms with van der Waals surface area (Å²) >= 11 is 0. The number of rotatable bonds is 10. The second kappa shape index (κ2) is 9.98. The van der Waals surface area contributed by atoms with E-state index in [1.807, 2.05) is 45.0 Å². The van der Waals surface area contributed by atoms with Gasteiger partial charge in [-0.05, 0) is 50.1 Å². The number of imide groups is 1. The first-order valence-electron chi connectivity index (χ1n) is 10.4. The molecule has 0 saturated carbocycles. The molecule has 0 spiro atoms. The van der Waals surface area contributed by atoms with E-state index in [2.05, 4.69) is 11.9 Å². The van der Waals surface area contributed by atoms with Crippen molar-refractivity contribution < 1.29 is 19.1 Å². The number of anilines is 1. The maximum absolute atomic E-state index is 13.1. The SMILES string of the molecule is C=CCN1C(=O)C(Nc2cccc(OCCC)c2)=C(c2ccc(OC(C)C)cc2)C1=O. The fraction of sp³-hybridized carbons (Fsp3) is 0.280. The first-order chi connectivity index (χ1) is 14.9. The molecule has 1 heterocycles. The molecule has 2 amide bonds. The molecule has 2 aromatic rings. The maximum Gasteiger partial charge on any atom is 0.278 e. The van der Waals surface area contributed by atoms with E-state index >= 15 is 0 Å². The van der Waals surface area contributed by atoms with Crippen LogP contribution in [0, 0.1) is 0 Å². The first-order valence-corrected chi connectivity index (χ1v) is 10.4. The van der Waals surface area contributed by atoms with Gasteiger partial charge in [-0.15, -0.1) is 6.58 Å². The van der Waals surface area contributed by atoms with Crippen LogP contribution in [0.15, 0.2) is 66.9 Å². The lowest BCUT2D eigenvalue weighted by Gasteiger charge is -2.13. The number of nitrogens with zero attached hydrogens (tertiary/aromatic N) is 1. The predicted octanol–water partition coefficient (Wildman–Crippen LogP) is 4.64. The molecule has 1 aliphatic heterocycles. The van der Waals surface area contributed by atoms with E-state index in [4.69, 9.17) is 9.47 Å². The molecule has 0 saturated heterocycles. The highest BCUT2D eigenvalue weighted by Crippen LogP contribution is 2.32. The lowest BCUT2D eigenvalue weighted by molar-refractivity contribution is -0.136. The Hall–Kier alpha value is -3.54. The Kier molecular flexibility index (Phi) is 7.13. The Bertz CT molecular complexity index is 993. The highest BCUT2D eigenvalue weighted by molar-refractivity contribution is 6.36. The zero-order chi connectivity index (χ0) is 22.4. The molecule has 2 aromatic carbocycles. The smallest absolute Gasteiger partial charge is 0.278 e. The van der Waals surface area contributed by atoms with Crippen molar-refractivity contribution in [2.75, 3.05) is 18.5 Å². The van der Waals surface area contributed by atoms with Crippen LogP contribution in [0.5, 0.6) is 11.5 Å². The normalized spacial score (nSPS) is 13.7. The van der Waals surface area contributed by atoms with Gasteiger partial charge in [-0.25, -0.2) is 0 Å². The topological polar surface area (TPSA) is 67.9 Å². The molecule has 0 atom stereocenters. The van der Waals surface area contributed by atoms with E-state index in [0.717, 1.165) is 6.42 Å². The number of amides is 2. The molecule has 0 aromatic heterocycles. The number of carbonyl (C=O) groups excluding carboxylic acids is 2. The van der Waals surface area contributed by atoms with Gasteiger partial charge in [0.05, 0.1) is 18.3 Å². The van der Waals surface area contributed by atoms with Crippen LogP contribution in [0.1, 0.15) is 32.8 Å². The summed E-state index contributed by atoms with van der Waals surface area (Å²) < 4.78 is 11.4. The van der Waals surface area contributed by atoms with Gasteiger partial charge in [-0.2, -0.15) is 0 Å². The lowest BCUT2D eigenvalue weighted by atomic mass is 10.0. The van der Waals surface area contributed by atoms with Crippen molar-refractivity contribution >= 4 is 23.1 Å². The lowest BCUT2D eigenvalue weighted by Crippen LogP contribution is -2.32. The number of nitrogens with one attached hydrogen (secondary N) is 1. The van der Waals surface area contributed by atoms with Crippen molar-refractivity contribution in [2.24, 2.45) is 0 Å². The van der Waals surface area contributed by atoms with Gasteiger partial charge in [0.1, 0.15) is 17.2 Å². The molecule has 31 heavy (non-hydrogen) atoms. The molecule has 6 heteroatoms. The van der Waals surface area contributed by atoms with E-state index in [-0.39, 0.29) is 30.2 Å². The third-order valence-electron chi connectivity index (χ3n) is 4.57. The van der Waals surface area contributed by atoms with Crippen molar-refractivity contribution in [1.29, 1.82) is 0 Å². The predicted molar refractivity (Wildman–Crippen MR) is 122 cm³/mol. The summed E-state index contributed by atoms with van der Waals surface area (Å²) in [6.07, 6.45) is 2.48. The average Bonchev–Trinajstić information content (AvgIpc) is 2.97. The van der Waals surface area contributed by atoms with Gasteiger partial charge in [0.25, 0.3) is 11.8 Å². The van der Waals surface area contributed by atoms with E-state index in [1.54, 1.807) is 24.3 Å². The standard InChI is InChI=1S/C25H28N2O4/c1-5-14-27-24(28)22(18-10-12-20(13-11-18)31-17(3)4)23(25(27)29)26-19-8-7-9-21(16-19)30-15-6-2/h5,7-13,16-17,26H,1,6,14-15H2,2-4H3. The number of carbonyl (C=O) groups is 2. The van der Waals surface area contributed by atoms with Crippen LogP contribution in [-0.2, 0) is 9.59 Å². The molecule has 3 rings (SSSR count). The summed E-state index contributed by atoms with van der Waals surface area (Å²) in [6.45, 7) is 10.3. The van der Waals surface area contributed by atoms with Gasteiger partial charge in [-0.3, -0.25) is 14.5 Å². The van der Waals surface area contributed by atoms with Crippen molar-refractivity contribution in [3.05, 3.63) is 72.4 Å². The fourth-order valence-electron chi connectivity index (χ4n) is 3.25. The number of hydrogen-bond acceptors (Lipinski definition) is 5. The van der Waals surface area contributed by atoms with E-state index in [9.17, 15) is 9.59 Å². The highest BCUT2D eigenvalue weighted by Gasteiger charge is 2.38. The minimum absolute atomic E-state index is 0.0438.